The standard InChI is InChI=1S/C32H48N2O7/c1-10-15-25(11-2)24(9)41-17-16-34(31(37)33-32(30(35)36)19-26(20-32)38-12-3)23(8)27-18-28(39-13-4)22(7)29(21(27)6)40-14-5/h10-11,15,18,23-24,26H,1-2,12-14,16-17,19-20H2,3-9H3,(H,33,37)(H,35,36)/b25-15+/t23-,24+,26?,32?/m1/s1. The third-order valence-electron chi connectivity index (χ3n) is 7.56. The lowest BCUT2D eigenvalue weighted by atomic mass is 9.74. The zero-order valence-electron chi connectivity index (χ0n) is 25.7. The van der Waals surface area contributed by atoms with Gasteiger partial charge in [0.25, 0.3) is 0 Å². The van der Waals surface area contributed by atoms with Gasteiger partial charge in [0, 0.05) is 31.6 Å². The van der Waals surface area contributed by atoms with Crippen LogP contribution < -0.4 is 14.8 Å². The molecule has 1 saturated carbocycles. The molecule has 1 aliphatic carbocycles. The van der Waals surface area contributed by atoms with E-state index in [1.165, 1.54) is 0 Å². The van der Waals surface area contributed by atoms with Crippen molar-refractivity contribution >= 4 is 12.0 Å². The normalized spacial score (nSPS) is 19.9. The van der Waals surface area contributed by atoms with Gasteiger partial charge in [-0.25, -0.2) is 9.59 Å². The monoisotopic (exact) mass is 572 g/mol. The summed E-state index contributed by atoms with van der Waals surface area (Å²) in [5.74, 6) is 0.323. The summed E-state index contributed by atoms with van der Waals surface area (Å²) in [6.07, 6.45) is 5.14. The van der Waals surface area contributed by atoms with E-state index in [4.69, 9.17) is 18.9 Å². The second-order valence-electron chi connectivity index (χ2n) is 10.2. The van der Waals surface area contributed by atoms with Crippen molar-refractivity contribution in [3.63, 3.8) is 0 Å². The van der Waals surface area contributed by atoms with Gasteiger partial charge in [-0.2, -0.15) is 0 Å². The number of carboxylic acids is 1. The van der Waals surface area contributed by atoms with Gasteiger partial charge in [-0.05, 0) is 71.2 Å². The van der Waals surface area contributed by atoms with Crippen molar-refractivity contribution < 1.29 is 33.6 Å². The van der Waals surface area contributed by atoms with Crippen LogP contribution in [0, 0.1) is 13.8 Å². The third kappa shape index (κ3) is 8.14. The van der Waals surface area contributed by atoms with Crippen molar-refractivity contribution in [2.24, 2.45) is 0 Å². The summed E-state index contributed by atoms with van der Waals surface area (Å²) < 4.78 is 23.6. The minimum Gasteiger partial charge on any atom is -0.493 e. The van der Waals surface area contributed by atoms with Crippen molar-refractivity contribution in [2.45, 2.75) is 85.1 Å². The lowest BCUT2D eigenvalue weighted by molar-refractivity contribution is -0.156. The number of amides is 2. The van der Waals surface area contributed by atoms with Gasteiger partial charge >= 0.3 is 12.0 Å². The Kier molecular flexibility index (Phi) is 12.9. The number of rotatable bonds is 17. The zero-order chi connectivity index (χ0) is 30.7. The Morgan fingerprint density at radius 2 is 1.78 bits per heavy atom. The number of carbonyl (C=O) groups is 2. The number of carboxylic acid groups (broad SMARTS) is 1. The number of hydrogen-bond donors (Lipinski definition) is 2. The van der Waals surface area contributed by atoms with Crippen LogP contribution in [-0.2, 0) is 14.3 Å². The number of benzene rings is 1. The van der Waals surface area contributed by atoms with Crippen LogP contribution in [0.3, 0.4) is 0 Å². The first-order valence-electron chi connectivity index (χ1n) is 14.4. The molecule has 0 saturated heterocycles. The van der Waals surface area contributed by atoms with Crippen LogP contribution in [0.15, 0.2) is 43.0 Å². The van der Waals surface area contributed by atoms with Crippen LogP contribution >= 0.6 is 0 Å². The molecular formula is C32H48N2O7. The molecule has 0 heterocycles. The van der Waals surface area contributed by atoms with Gasteiger partial charge in [0.2, 0.25) is 0 Å². The Morgan fingerprint density at radius 3 is 2.32 bits per heavy atom. The van der Waals surface area contributed by atoms with E-state index >= 15 is 0 Å². The molecule has 1 aromatic carbocycles. The SMILES string of the molecule is C=C/C=C(\C=C)[C@H](C)OCCN(C(=O)NC1(C(=O)O)CC(OCC)C1)[C@H](C)c1cc(OCC)c(C)c(OCC)c1C. The minimum absolute atomic E-state index is 0.206. The van der Waals surface area contributed by atoms with Crippen molar-refractivity contribution in [1.29, 1.82) is 0 Å². The number of urea groups is 1. The zero-order valence-corrected chi connectivity index (χ0v) is 25.7. The summed E-state index contributed by atoms with van der Waals surface area (Å²) in [6.45, 7) is 22.9. The van der Waals surface area contributed by atoms with Crippen LogP contribution in [0.5, 0.6) is 11.5 Å². The van der Waals surface area contributed by atoms with E-state index in [0.717, 1.165) is 28.0 Å². The summed E-state index contributed by atoms with van der Waals surface area (Å²) in [5, 5.41) is 12.9. The van der Waals surface area contributed by atoms with E-state index in [1.54, 1.807) is 17.1 Å². The Bertz CT molecular complexity index is 1110. The fourth-order valence-corrected chi connectivity index (χ4v) is 5.23. The van der Waals surface area contributed by atoms with E-state index < -0.39 is 23.6 Å². The van der Waals surface area contributed by atoms with Gasteiger partial charge in [-0.15, -0.1) is 0 Å². The Labute approximate surface area is 245 Å². The topological polar surface area (TPSA) is 107 Å². The number of hydrogen-bond acceptors (Lipinski definition) is 6. The van der Waals surface area contributed by atoms with E-state index in [2.05, 4.69) is 18.5 Å². The fourth-order valence-electron chi connectivity index (χ4n) is 5.23. The van der Waals surface area contributed by atoms with Crippen molar-refractivity contribution in [2.75, 3.05) is 33.0 Å². The first-order chi connectivity index (χ1) is 19.5. The molecule has 9 nitrogen and oxygen atoms in total. The lowest BCUT2D eigenvalue weighted by Crippen LogP contribution is -2.66. The van der Waals surface area contributed by atoms with E-state index in [0.29, 0.717) is 25.6 Å². The number of nitrogens with one attached hydrogen (secondary N) is 1. The van der Waals surface area contributed by atoms with Crippen LogP contribution in [0.4, 0.5) is 4.79 Å². The van der Waals surface area contributed by atoms with Gasteiger partial charge in [0.15, 0.2) is 0 Å². The molecule has 2 atom stereocenters. The molecule has 2 rings (SSSR count). The van der Waals surface area contributed by atoms with Crippen LogP contribution in [-0.4, -0.2) is 72.7 Å². The highest BCUT2D eigenvalue weighted by Gasteiger charge is 2.53. The Hall–Kier alpha value is -3.30. The molecule has 1 fully saturated rings. The second kappa shape index (κ2) is 15.6. The maximum absolute atomic E-state index is 13.9. The van der Waals surface area contributed by atoms with Crippen LogP contribution in [0.2, 0.25) is 0 Å². The van der Waals surface area contributed by atoms with Gasteiger partial charge in [-0.1, -0.05) is 31.4 Å². The molecule has 1 aliphatic rings. The number of nitrogens with zero attached hydrogens (tertiary/aromatic N) is 1. The maximum atomic E-state index is 13.9. The number of ether oxygens (including phenoxy) is 4. The molecule has 0 aromatic heterocycles. The predicted octanol–water partition coefficient (Wildman–Crippen LogP) is 5.90. The number of carbonyl (C=O) groups excluding carboxylic acids is 1. The third-order valence-corrected chi connectivity index (χ3v) is 7.56. The quantitative estimate of drug-likeness (QED) is 0.224. The second-order valence-corrected chi connectivity index (χ2v) is 10.2. The highest BCUT2D eigenvalue weighted by atomic mass is 16.5. The van der Waals surface area contributed by atoms with Crippen molar-refractivity contribution in [3.05, 3.63) is 59.7 Å². The smallest absolute Gasteiger partial charge is 0.329 e. The summed E-state index contributed by atoms with van der Waals surface area (Å²) in [6, 6.07) is 0.992. The molecule has 0 unspecified atom stereocenters. The first kappa shape index (κ1) is 33.9. The highest BCUT2D eigenvalue weighted by molar-refractivity contribution is 5.87. The molecule has 2 amide bonds. The summed E-state index contributed by atoms with van der Waals surface area (Å²) >= 11 is 0. The predicted molar refractivity (Wildman–Crippen MR) is 161 cm³/mol. The summed E-state index contributed by atoms with van der Waals surface area (Å²) in [5.41, 5.74) is 2.10. The average Bonchev–Trinajstić information content (AvgIpc) is 2.91. The Balaban J connectivity index is 2.44. The molecular weight excluding hydrogens is 524 g/mol. The average molecular weight is 573 g/mol. The van der Waals surface area contributed by atoms with Gasteiger partial charge in [-0.3, -0.25) is 0 Å². The van der Waals surface area contributed by atoms with E-state index in [1.807, 2.05) is 60.6 Å². The molecule has 0 aliphatic heterocycles. The van der Waals surface area contributed by atoms with Gasteiger partial charge < -0.3 is 34.3 Å². The Morgan fingerprint density at radius 1 is 1.12 bits per heavy atom. The fraction of sp³-hybridized carbons (Fsp3) is 0.562. The first-order valence-corrected chi connectivity index (χ1v) is 14.4. The minimum atomic E-state index is -1.39. The summed E-state index contributed by atoms with van der Waals surface area (Å²) in [4.78, 5) is 27.7. The van der Waals surface area contributed by atoms with Crippen LogP contribution in [0.25, 0.3) is 0 Å². The molecule has 0 radical (unpaired) electrons. The number of allylic oxidation sites excluding steroid dienone is 2. The van der Waals surface area contributed by atoms with E-state index in [-0.39, 0.29) is 38.2 Å². The highest BCUT2D eigenvalue weighted by Crippen LogP contribution is 2.39. The molecule has 1 aromatic rings. The molecule has 0 spiro atoms. The van der Waals surface area contributed by atoms with Gasteiger partial charge in [0.05, 0.1) is 38.1 Å². The van der Waals surface area contributed by atoms with E-state index in [9.17, 15) is 14.7 Å². The summed E-state index contributed by atoms with van der Waals surface area (Å²) in [7, 11) is 0. The molecule has 9 heteroatoms. The molecule has 2 N–H and O–H groups in total. The largest absolute Gasteiger partial charge is 0.493 e. The molecule has 41 heavy (non-hydrogen) atoms. The van der Waals surface area contributed by atoms with Crippen LogP contribution in [0.1, 0.15) is 70.2 Å². The maximum Gasteiger partial charge on any atom is 0.329 e. The molecule has 228 valence electrons. The number of aliphatic carboxylic acids is 1. The van der Waals surface area contributed by atoms with Crippen molar-refractivity contribution in [3.8, 4) is 11.5 Å². The van der Waals surface area contributed by atoms with Crippen molar-refractivity contribution in [1.82, 2.24) is 10.2 Å². The van der Waals surface area contributed by atoms with Gasteiger partial charge in [0.1, 0.15) is 17.0 Å². The molecule has 0 bridgehead atoms. The lowest BCUT2D eigenvalue weighted by Gasteiger charge is -2.45.